The first-order chi connectivity index (χ1) is 12.4. The van der Waals surface area contributed by atoms with E-state index in [-0.39, 0.29) is 11.7 Å². The van der Waals surface area contributed by atoms with Gasteiger partial charge in [0.1, 0.15) is 5.65 Å². The third-order valence-electron chi connectivity index (χ3n) is 4.49. The Morgan fingerprint density at radius 1 is 1.27 bits per heavy atom. The van der Waals surface area contributed by atoms with Crippen molar-refractivity contribution in [1.29, 1.82) is 0 Å². The fraction of sp³-hybridized carbons (Fsp3) is 0.444. The third kappa shape index (κ3) is 4.01. The summed E-state index contributed by atoms with van der Waals surface area (Å²) < 4.78 is 6.89. The molecule has 1 fully saturated rings. The van der Waals surface area contributed by atoms with Gasteiger partial charge in [-0.05, 0) is 38.8 Å². The summed E-state index contributed by atoms with van der Waals surface area (Å²) in [4.78, 5) is 40.3. The summed E-state index contributed by atoms with van der Waals surface area (Å²) in [5.74, 6) is -1.39. The van der Waals surface area contributed by atoms with Crippen LogP contribution in [0, 0.1) is 6.92 Å². The molecule has 2 N–H and O–H groups in total. The summed E-state index contributed by atoms with van der Waals surface area (Å²) in [6.07, 6.45) is 4.43. The quantitative estimate of drug-likeness (QED) is 0.814. The molecule has 8 heteroatoms. The molecule has 1 aliphatic carbocycles. The minimum atomic E-state index is -1.11. The van der Waals surface area contributed by atoms with Gasteiger partial charge in [-0.25, -0.2) is 14.6 Å². The molecule has 0 unspecified atom stereocenters. The van der Waals surface area contributed by atoms with E-state index in [4.69, 9.17) is 4.74 Å². The normalized spacial score (nSPS) is 15.6. The third-order valence-corrected chi connectivity index (χ3v) is 4.49. The van der Waals surface area contributed by atoms with Crippen LogP contribution in [0.15, 0.2) is 24.4 Å². The highest BCUT2D eigenvalue weighted by Gasteiger charge is 2.24. The highest BCUT2D eigenvalue weighted by atomic mass is 16.5. The smallest absolute Gasteiger partial charge is 0.359 e. The van der Waals surface area contributed by atoms with Crippen LogP contribution in [0.1, 0.15) is 48.8 Å². The second-order valence-electron chi connectivity index (χ2n) is 6.51. The number of hydrogen-bond acceptors (Lipinski definition) is 5. The molecule has 3 amide bonds. The van der Waals surface area contributed by atoms with Gasteiger partial charge in [-0.3, -0.25) is 10.1 Å². The topological polar surface area (TPSA) is 102 Å². The number of carbonyl (C=O) groups excluding carboxylic acids is 3. The molecule has 1 aliphatic rings. The van der Waals surface area contributed by atoms with Crippen LogP contribution in [0.3, 0.4) is 0 Å². The van der Waals surface area contributed by atoms with Crippen LogP contribution in [-0.4, -0.2) is 39.4 Å². The SMILES string of the molecule is Cc1cccc2nc(C(=O)O[C@H](C)C(=O)NC(=O)NC3CCCC3)cn12. The summed E-state index contributed by atoms with van der Waals surface area (Å²) in [6, 6.07) is 5.04. The molecule has 0 spiro atoms. The van der Waals surface area contributed by atoms with Crippen molar-refractivity contribution in [3.63, 3.8) is 0 Å². The van der Waals surface area contributed by atoms with E-state index in [1.165, 1.54) is 6.92 Å². The molecule has 3 rings (SSSR count). The first-order valence-corrected chi connectivity index (χ1v) is 8.71. The molecule has 8 nitrogen and oxygen atoms in total. The van der Waals surface area contributed by atoms with Crippen molar-refractivity contribution in [2.75, 3.05) is 0 Å². The van der Waals surface area contributed by atoms with Gasteiger partial charge >= 0.3 is 12.0 Å². The number of nitrogens with one attached hydrogen (secondary N) is 2. The number of ether oxygens (including phenoxy) is 1. The molecule has 0 aliphatic heterocycles. The molecule has 2 aromatic heterocycles. The van der Waals surface area contributed by atoms with Crippen LogP contribution in [0.5, 0.6) is 0 Å². The summed E-state index contributed by atoms with van der Waals surface area (Å²) in [5, 5.41) is 4.95. The minimum absolute atomic E-state index is 0.0990. The number of imide groups is 1. The second-order valence-corrected chi connectivity index (χ2v) is 6.51. The Hall–Kier alpha value is -2.90. The van der Waals surface area contributed by atoms with Crippen LogP contribution < -0.4 is 10.6 Å². The van der Waals surface area contributed by atoms with Gasteiger partial charge in [0.25, 0.3) is 5.91 Å². The number of esters is 1. The number of fused-ring (bicyclic) bond motifs is 1. The molecule has 1 saturated carbocycles. The number of carbonyl (C=O) groups is 3. The number of rotatable bonds is 4. The highest BCUT2D eigenvalue weighted by Crippen LogP contribution is 2.17. The van der Waals surface area contributed by atoms with Crippen molar-refractivity contribution in [3.8, 4) is 0 Å². The van der Waals surface area contributed by atoms with Crippen molar-refractivity contribution in [3.05, 3.63) is 35.8 Å². The number of hydrogen-bond donors (Lipinski definition) is 2. The molecule has 1 atom stereocenters. The number of imidazole rings is 1. The number of aromatic nitrogens is 2. The van der Waals surface area contributed by atoms with Gasteiger partial charge in [0, 0.05) is 17.9 Å². The molecular weight excluding hydrogens is 336 g/mol. The number of amides is 3. The van der Waals surface area contributed by atoms with E-state index in [0.29, 0.717) is 5.65 Å². The molecule has 0 radical (unpaired) electrons. The van der Waals surface area contributed by atoms with E-state index in [2.05, 4.69) is 15.6 Å². The fourth-order valence-corrected chi connectivity index (χ4v) is 3.03. The van der Waals surface area contributed by atoms with Gasteiger partial charge in [0.05, 0.1) is 0 Å². The summed E-state index contributed by atoms with van der Waals surface area (Å²) in [5.41, 5.74) is 1.64. The van der Waals surface area contributed by atoms with Crippen molar-refractivity contribution in [1.82, 2.24) is 20.0 Å². The lowest BCUT2D eigenvalue weighted by molar-refractivity contribution is -0.127. The Morgan fingerprint density at radius 3 is 2.69 bits per heavy atom. The van der Waals surface area contributed by atoms with E-state index in [1.807, 2.05) is 19.1 Å². The van der Waals surface area contributed by atoms with Crippen molar-refractivity contribution in [2.24, 2.45) is 0 Å². The molecule has 0 aromatic carbocycles. The Bertz CT molecular complexity index is 839. The van der Waals surface area contributed by atoms with Gasteiger partial charge in [-0.15, -0.1) is 0 Å². The maximum Gasteiger partial charge on any atom is 0.359 e. The molecule has 2 heterocycles. The average Bonchev–Trinajstić information content (AvgIpc) is 3.24. The largest absolute Gasteiger partial charge is 0.448 e. The first-order valence-electron chi connectivity index (χ1n) is 8.71. The monoisotopic (exact) mass is 358 g/mol. The second kappa shape index (κ2) is 7.55. The van der Waals surface area contributed by atoms with Crippen LogP contribution >= 0.6 is 0 Å². The van der Waals surface area contributed by atoms with E-state index in [1.54, 1.807) is 16.7 Å². The molecule has 0 saturated heterocycles. The van der Waals surface area contributed by atoms with Gasteiger partial charge in [-0.1, -0.05) is 18.9 Å². The van der Waals surface area contributed by atoms with Crippen LogP contribution in [-0.2, 0) is 9.53 Å². The van der Waals surface area contributed by atoms with Crippen molar-refractivity contribution in [2.45, 2.75) is 51.7 Å². The van der Waals surface area contributed by atoms with Crippen LogP contribution in [0.2, 0.25) is 0 Å². The van der Waals surface area contributed by atoms with Crippen molar-refractivity contribution >= 4 is 23.6 Å². The molecule has 138 valence electrons. The van der Waals surface area contributed by atoms with Crippen LogP contribution in [0.25, 0.3) is 5.65 Å². The average molecular weight is 358 g/mol. The van der Waals surface area contributed by atoms with Gasteiger partial charge in [0.15, 0.2) is 11.8 Å². The Morgan fingerprint density at radius 2 is 2.00 bits per heavy atom. The van der Waals surface area contributed by atoms with E-state index >= 15 is 0 Å². The Labute approximate surface area is 150 Å². The Kier molecular flexibility index (Phi) is 5.20. The van der Waals surface area contributed by atoms with E-state index in [0.717, 1.165) is 31.4 Å². The number of aryl methyl sites for hydroxylation is 1. The standard InChI is InChI=1S/C18H22N4O4/c1-11-6-5-9-15-20-14(10-22(11)15)17(24)26-12(2)16(23)21-18(25)19-13-7-3-4-8-13/h5-6,9-10,12-13H,3-4,7-8H2,1-2H3,(H2,19,21,23,25)/t12-/m1/s1. The predicted molar refractivity (Wildman–Crippen MR) is 93.7 cm³/mol. The van der Waals surface area contributed by atoms with Gasteiger partial charge < -0.3 is 14.5 Å². The lowest BCUT2D eigenvalue weighted by Gasteiger charge is -2.15. The predicted octanol–water partition coefficient (Wildman–Crippen LogP) is 1.96. The summed E-state index contributed by atoms with van der Waals surface area (Å²) in [7, 11) is 0. The van der Waals surface area contributed by atoms with Gasteiger partial charge in [0.2, 0.25) is 0 Å². The maximum atomic E-state index is 12.2. The van der Waals surface area contributed by atoms with E-state index < -0.39 is 24.0 Å². The lowest BCUT2D eigenvalue weighted by atomic mass is 10.2. The zero-order valence-electron chi connectivity index (χ0n) is 14.8. The summed E-state index contributed by atoms with van der Waals surface area (Å²) >= 11 is 0. The maximum absolute atomic E-state index is 12.2. The minimum Gasteiger partial charge on any atom is -0.448 e. The van der Waals surface area contributed by atoms with Crippen LogP contribution in [0.4, 0.5) is 4.79 Å². The first kappa shape index (κ1) is 17.9. The zero-order chi connectivity index (χ0) is 18.7. The molecule has 0 bridgehead atoms. The lowest BCUT2D eigenvalue weighted by Crippen LogP contribution is -2.47. The number of urea groups is 1. The zero-order valence-corrected chi connectivity index (χ0v) is 14.8. The van der Waals surface area contributed by atoms with E-state index in [9.17, 15) is 14.4 Å². The summed E-state index contributed by atoms with van der Waals surface area (Å²) in [6.45, 7) is 3.31. The number of nitrogens with zero attached hydrogens (tertiary/aromatic N) is 2. The highest BCUT2D eigenvalue weighted by molar-refractivity contribution is 5.98. The molecule has 2 aromatic rings. The van der Waals surface area contributed by atoms with Gasteiger partial charge in [-0.2, -0.15) is 0 Å². The Balaban J connectivity index is 1.56. The fourth-order valence-electron chi connectivity index (χ4n) is 3.03. The number of pyridine rings is 1. The molecular formula is C18H22N4O4. The molecule has 26 heavy (non-hydrogen) atoms. The van der Waals surface area contributed by atoms with Crippen molar-refractivity contribution < 1.29 is 19.1 Å².